The summed E-state index contributed by atoms with van der Waals surface area (Å²) in [5, 5.41) is 0. The second kappa shape index (κ2) is 3.43. The zero-order valence-corrected chi connectivity index (χ0v) is 4.98. The number of hydrogen-bond donors (Lipinski definition) is 1. The van der Waals surface area contributed by atoms with Gasteiger partial charge in [0.1, 0.15) is 0 Å². The predicted octanol–water partition coefficient (Wildman–Crippen LogP) is -0.0767. The van der Waals surface area contributed by atoms with Gasteiger partial charge in [-0.2, -0.15) is 0 Å². The van der Waals surface area contributed by atoms with E-state index in [0.29, 0.717) is 6.42 Å². The van der Waals surface area contributed by atoms with Gasteiger partial charge < -0.3 is 5.73 Å². The molecule has 3 nitrogen and oxygen atoms in total. The highest BCUT2D eigenvalue weighted by molar-refractivity contribution is 5.78. The quantitative estimate of drug-likeness (QED) is 0.559. The van der Waals surface area contributed by atoms with Crippen LogP contribution in [0.25, 0.3) is 0 Å². The van der Waals surface area contributed by atoms with Crippen molar-refractivity contribution in [2.75, 3.05) is 0 Å². The number of rotatable bonds is 3. The molecule has 0 heterocycles. The van der Waals surface area contributed by atoms with Crippen LogP contribution in [0.4, 0.5) is 0 Å². The van der Waals surface area contributed by atoms with Crippen molar-refractivity contribution in [3.8, 4) is 0 Å². The summed E-state index contributed by atoms with van der Waals surface area (Å²) in [5.41, 5.74) is 11.7. The maximum atomic E-state index is 10.1. The molecule has 1 atom stereocenters. The van der Waals surface area contributed by atoms with Crippen LogP contribution in [0.2, 0.25) is 0 Å². The van der Waals surface area contributed by atoms with Gasteiger partial charge in [-0.25, -0.2) is 0 Å². The molecular formula is C5H11N2O. The van der Waals surface area contributed by atoms with Gasteiger partial charge >= 0.3 is 0 Å². The lowest BCUT2D eigenvalue weighted by atomic mass is 10.2. The van der Waals surface area contributed by atoms with Crippen LogP contribution in [-0.2, 0) is 4.79 Å². The molecule has 1 radical (unpaired) electrons. The lowest BCUT2D eigenvalue weighted by Gasteiger charge is -2.00. The Morgan fingerprint density at radius 3 is 2.50 bits per heavy atom. The van der Waals surface area contributed by atoms with Crippen molar-refractivity contribution in [2.24, 2.45) is 5.73 Å². The standard InChI is InChI=1S/C5H11N2O/c1-2-3-4(6)5(7)8/h4,7H,2-3,6H2,1H3/t4-/m0/s1. The second-order valence-electron chi connectivity index (χ2n) is 1.76. The molecule has 1 amide bonds. The SMILES string of the molecule is CCC[C@H](N)C([NH])=O. The van der Waals surface area contributed by atoms with E-state index in [1.807, 2.05) is 6.92 Å². The molecule has 3 heteroatoms. The number of nitrogens with one attached hydrogen (secondary N) is 1. The molecule has 0 aromatic rings. The normalized spacial score (nSPS) is 13.2. The van der Waals surface area contributed by atoms with Gasteiger partial charge in [0.2, 0.25) is 0 Å². The van der Waals surface area contributed by atoms with E-state index in [2.05, 4.69) is 0 Å². The van der Waals surface area contributed by atoms with Crippen LogP contribution in [0.1, 0.15) is 19.8 Å². The van der Waals surface area contributed by atoms with Crippen molar-refractivity contribution in [1.29, 1.82) is 0 Å². The van der Waals surface area contributed by atoms with Gasteiger partial charge in [0.15, 0.2) is 0 Å². The van der Waals surface area contributed by atoms with Crippen LogP contribution in [0.15, 0.2) is 0 Å². The number of nitrogens with two attached hydrogens (primary N) is 1. The summed E-state index contributed by atoms with van der Waals surface area (Å²) in [4.78, 5) is 10.1. The van der Waals surface area contributed by atoms with Gasteiger partial charge in [0, 0.05) is 0 Å². The fourth-order valence-corrected chi connectivity index (χ4v) is 0.442. The fraction of sp³-hybridized carbons (Fsp3) is 0.800. The van der Waals surface area contributed by atoms with Crippen LogP contribution in [0, 0.1) is 0 Å². The summed E-state index contributed by atoms with van der Waals surface area (Å²) in [6.07, 6.45) is 1.49. The Morgan fingerprint density at radius 2 is 2.38 bits per heavy atom. The van der Waals surface area contributed by atoms with E-state index in [9.17, 15) is 4.79 Å². The third kappa shape index (κ3) is 2.58. The van der Waals surface area contributed by atoms with Gasteiger partial charge in [-0.3, -0.25) is 10.5 Å². The van der Waals surface area contributed by atoms with E-state index in [4.69, 9.17) is 11.5 Å². The molecule has 0 unspecified atom stereocenters. The zero-order chi connectivity index (χ0) is 6.57. The molecule has 0 aromatic heterocycles. The molecular weight excluding hydrogens is 104 g/mol. The Kier molecular flexibility index (Phi) is 3.19. The predicted molar refractivity (Wildman–Crippen MR) is 31.0 cm³/mol. The van der Waals surface area contributed by atoms with E-state index in [1.165, 1.54) is 0 Å². The second-order valence-corrected chi connectivity index (χ2v) is 1.76. The summed E-state index contributed by atoms with van der Waals surface area (Å²) in [5.74, 6) is -0.660. The van der Waals surface area contributed by atoms with Crippen molar-refractivity contribution >= 4 is 5.91 Å². The topological polar surface area (TPSA) is 66.9 Å². The van der Waals surface area contributed by atoms with E-state index in [0.717, 1.165) is 6.42 Å². The van der Waals surface area contributed by atoms with Crippen molar-refractivity contribution in [1.82, 2.24) is 5.73 Å². The molecule has 0 spiro atoms. The average molecular weight is 115 g/mol. The minimum Gasteiger partial charge on any atom is -0.320 e. The summed E-state index contributed by atoms with van der Waals surface area (Å²) >= 11 is 0. The summed E-state index contributed by atoms with van der Waals surface area (Å²) < 4.78 is 0. The van der Waals surface area contributed by atoms with Crippen LogP contribution in [-0.4, -0.2) is 11.9 Å². The van der Waals surface area contributed by atoms with Crippen molar-refractivity contribution < 1.29 is 4.79 Å². The molecule has 0 aliphatic carbocycles. The molecule has 3 N–H and O–H groups in total. The highest BCUT2D eigenvalue weighted by Crippen LogP contribution is 1.90. The Labute approximate surface area is 49.0 Å². The molecule has 0 bridgehead atoms. The van der Waals surface area contributed by atoms with Crippen LogP contribution < -0.4 is 11.5 Å². The molecule has 0 rings (SSSR count). The lowest BCUT2D eigenvalue weighted by molar-refractivity contribution is -0.120. The minimum atomic E-state index is -0.660. The summed E-state index contributed by atoms with van der Waals surface area (Å²) in [6.45, 7) is 1.93. The van der Waals surface area contributed by atoms with Gasteiger partial charge in [0.05, 0.1) is 6.04 Å². The molecule has 0 aliphatic rings. The van der Waals surface area contributed by atoms with Gasteiger partial charge in [0.25, 0.3) is 5.91 Å². The van der Waals surface area contributed by atoms with Crippen LogP contribution in [0.3, 0.4) is 0 Å². The maximum absolute atomic E-state index is 10.1. The van der Waals surface area contributed by atoms with E-state index >= 15 is 0 Å². The number of hydrogen-bond acceptors (Lipinski definition) is 2. The monoisotopic (exact) mass is 115 g/mol. The first-order chi connectivity index (χ1) is 3.68. The number of carbonyl (C=O) groups is 1. The van der Waals surface area contributed by atoms with Gasteiger partial charge in [-0.05, 0) is 6.42 Å². The smallest absolute Gasteiger partial charge is 0.255 e. The third-order valence-electron chi connectivity index (χ3n) is 0.936. The Balaban J connectivity index is 3.32. The Morgan fingerprint density at radius 1 is 1.88 bits per heavy atom. The summed E-state index contributed by atoms with van der Waals surface area (Å²) in [7, 11) is 0. The Bertz CT molecular complexity index is 82.5. The van der Waals surface area contributed by atoms with E-state index in [-0.39, 0.29) is 0 Å². The highest BCUT2D eigenvalue weighted by Gasteiger charge is 2.06. The molecule has 0 aliphatic heterocycles. The van der Waals surface area contributed by atoms with E-state index in [1.54, 1.807) is 0 Å². The molecule has 0 saturated heterocycles. The van der Waals surface area contributed by atoms with Gasteiger partial charge in [-0.15, -0.1) is 0 Å². The van der Waals surface area contributed by atoms with Crippen molar-refractivity contribution in [2.45, 2.75) is 25.8 Å². The molecule has 0 aromatic carbocycles. The first kappa shape index (κ1) is 7.43. The number of amides is 1. The highest BCUT2D eigenvalue weighted by atomic mass is 16.1. The largest absolute Gasteiger partial charge is 0.320 e. The summed E-state index contributed by atoms with van der Waals surface area (Å²) in [6, 6.07) is -0.556. The third-order valence-corrected chi connectivity index (χ3v) is 0.936. The lowest BCUT2D eigenvalue weighted by Crippen LogP contribution is -2.30. The average Bonchev–Trinajstić information content (AvgIpc) is 1.67. The van der Waals surface area contributed by atoms with Crippen LogP contribution in [0.5, 0.6) is 0 Å². The first-order valence-corrected chi connectivity index (χ1v) is 2.69. The minimum absolute atomic E-state index is 0.556. The van der Waals surface area contributed by atoms with Crippen molar-refractivity contribution in [3.05, 3.63) is 0 Å². The molecule has 0 fully saturated rings. The van der Waals surface area contributed by atoms with Crippen LogP contribution >= 0.6 is 0 Å². The number of carbonyl (C=O) groups excluding carboxylic acids is 1. The van der Waals surface area contributed by atoms with Crippen molar-refractivity contribution in [3.63, 3.8) is 0 Å². The van der Waals surface area contributed by atoms with E-state index < -0.39 is 11.9 Å². The van der Waals surface area contributed by atoms with Gasteiger partial charge in [-0.1, -0.05) is 13.3 Å². The zero-order valence-electron chi connectivity index (χ0n) is 4.98. The Hall–Kier alpha value is -0.570. The molecule has 47 valence electrons. The molecule has 8 heavy (non-hydrogen) atoms. The maximum Gasteiger partial charge on any atom is 0.255 e. The molecule has 0 saturated carbocycles. The first-order valence-electron chi connectivity index (χ1n) is 2.69. The fourth-order valence-electron chi connectivity index (χ4n) is 0.442.